The maximum Gasteiger partial charge on any atom is 0.273 e. The summed E-state index contributed by atoms with van der Waals surface area (Å²) in [4.78, 5) is 0. The van der Waals surface area contributed by atoms with Gasteiger partial charge in [-0.2, -0.15) is 0 Å². The van der Waals surface area contributed by atoms with Gasteiger partial charge in [0.2, 0.25) is 0 Å². The molecular formula is C12H14F4. The van der Waals surface area contributed by atoms with Crippen molar-refractivity contribution < 1.29 is 17.6 Å². The molecule has 0 atom stereocenters. The molecule has 0 bridgehead atoms. The van der Waals surface area contributed by atoms with Crippen LogP contribution in [0.25, 0.3) is 0 Å². The first kappa shape index (κ1) is 13.0. The topological polar surface area (TPSA) is 0 Å². The van der Waals surface area contributed by atoms with Gasteiger partial charge in [-0.3, -0.25) is 0 Å². The Hall–Kier alpha value is -1.06. The van der Waals surface area contributed by atoms with E-state index in [2.05, 4.69) is 0 Å². The van der Waals surface area contributed by atoms with E-state index in [1.165, 1.54) is 6.92 Å². The van der Waals surface area contributed by atoms with E-state index >= 15 is 0 Å². The summed E-state index contributed by atoms with van der Waals surface area (Å²) in [5.41, 5.74) is -0.745. The molecule has 0 saturated carbocycles. The van der Waals surface area contributed by atoms with Crippen molar-refractivity contribution in [2.75, 3.05) is 0 Å². The van der Waals surface area contributed by atoms with Crippen molar-refractivity contribution in [1.82, 2.24) is 0 Å². The van der Waals surface area contributed by atoms with Crippen LogP contribution in [0.1, 0.15) is 44.2 Å². The van der Waals surface area contributed by atoms with E-state index in [0.717, 1.165) is 12.1 Å². The third-order valence-electron chi connectivity index (χ3n) is 2.52. The molecule has 4 heteroatoms. The third kappa shape index (κ3) is 2.36. The second kappa shape index (κ2) is 4.44. The molecule has 0 heterocycles. The van der Waals surface area contributed by atoms with Gasteiger partial charge in [0.15, 0.2) is 0 Å². The molecule has 0 unspecified atom stereocenters. The fourth-order valence-corrected chi connectivity index (χ4v) is 1.55. The predicted molar refractivity (Wildman–Crippen MR) is 54.6 cm³/mol. The van der Waals surface area contributed by atoms with Crippen molar-refractivity contribution in [2.45, 2.75) is 39.0 Å². The summed E-state index contributed by atoms with van der Waals surface area (Å²) in [6.45, 7) is 4.49. The Morgan fingerprint density at radius 1 is 1.12 bits per heavy atom. The molecule has 16 heavy (non-hydrogen) atoms. The lowest BCUT2D eigenvalue weighted by atomic mass is 9.97. The van der Waals surface area contributed by atoms with Crippen LogP contribution in [0.2, 0.25) is 0 Å². The van der Waals surface area contributed by atoms with E-state index in [1.54, 1.807) is 13.8 Å². The van der Waals surface area contributed by atoms with Crippen molar-refractivity contribution in [1.29, 1.82) is 0 Å². The summed E-state index contributed by atoms with van der Waals surface area (Å²) in [6.07, 6.45) is -0.479. The first-order chi connectivity index (χ1) is 7.29. The van der Waals surface area contributed by atoms with Gasteiger partial charge in [-0.15, -0.1) is 0 Å². The van der Waals surface area contributed by atoms with E-state index < -0.39 is 29.5 Å². The lowest BCUT2D eigenvalue weighted by Crippen LogP contribution is -2.13. The molecule has 0 spiro atoms. The number of hydrogen-bond donors (Lipinski definition) is 0. The van der Waals surface area contributed by atoms with Crippen LogP contribution in [0.5, 0.6) is 0 Å². The van der Waals surface area contributed by atoms with Gasteiger partial charge >= 0.3 is 0 Å². The standard InChI is InChI=1S/C12H14F4/c1-4-12(15,16)8-5-9(13)11(7(2)3)10(14)6-8/h5-7H,4H2,1-3H3. The Bertz CT molecular complexity index is 360. The molecular weight excluding hydrogens is 220 g/mol. The molecule has 0 N–H and O–H groups in total. The molecule has 0 aromatic heterocycles. The van der Waals surface area contributed by atoms with Crippen LogP contribution in [0.15, 0.2) is 12.1 Å². The zero-order chi connectivity index (χ0) is 12.5. The van der Waals surface area contributed by atoms with E-state index in [0.29, 0.717) is 0 Å². The fourth-order valence-electron chi connectivity index (χ4n) is 1.55. The maximum absolute atomic E-state index is 13.5. The van der Waals surface area contributed by atoms with Gasteiger partial charge in [-0.05, 0) is 18.1 Å². The highest BCUT2D eigenvalue weighted by molar-refractivity contribution is 5.30. The number of halogens is 4. The first-order valence-electron chi connectivity index (χ1n) is 5.16. The average Bonchev–Trinajstić information content (AvgIpc) is 2.15. The summed E-state index contributed by atoms with van der Waals surface area (Å²) in [5, 5.41) is 0. The van der Waals surface area contributed by atoms with Gasteiger partial charge in [0.1, 0.15) is 11.6 Å². The van der Waals surface area contributed by atoms with E-state index in [4.69, 9.17) is 0 Å². The minimum atomic E-state index is -3.18. The first-order valence-corrected chi connectivity index (χ1v) is 5.16. The number of alkyl halides is 2. The molecule has 1 aromatic rings. The van der Waals surface area contributed by atoms with E-state index in [-0.39, 0.29) is 11.5 Å². The van der Waals surface area contributed by atoms with Crippen molar-refractivity contribution in [2.24, 2.45) is 0 Å². The fraction of sp³-hybridized carbons (Fsp3) is 0.500. The molecule has 90 valence electrons. The third-order valence-corrected chi connectivity index (χ3v) is 2.52. The molecule has 0 saturated heterocycles. The normalized spacial score (nSPS) is 12.2. The molecule has 0 nitrogen and oxygen atoms in total. The number of rotatable bonds is 3. The minimum absolute atomic E-state index is 0.143. The quantitative estimate of drug-likeness (QED) is 0.671. The molecule has 0 amide bonds. The Kier molecular flexibility index (Phi) is 3.61. The van der Waals surface area contributed by atoms with Crippen LogP contribution in [-0.4, -0.2) is 0 Å². The maximum atomic E-state index is 13.5. The smallest absolute Gasteiger partial charge is 0.207 e. The van der Waals surface area contributed by atoms with Crippen LogP contribution < -0.4 is 0 Å². The Labute approximate surface area is 92.3 Å². The monoisotopic (exact) mass is 234 g/mol. The van der Waals surface area contributed by atoms with Crippen LogP contribution in [0, 0.1) is 11.6 Å². The summed E-state index contributed by atoms with van der Waals surface area (Å²) in [6, 6.07) is 1.45. The van der Waals surface area contributed by atoms with Gasteiger partial charge in [0.25, 0.3) is 5.92 Å². The minimum Gasteiger partial charge on any atom is -0.207 e. The Morgan fingerprint density at radius 2 is 1.56 bits per heavy atom. The lowest BCUT2D eigenvalue weighted by Gasteiger charge is -2.17. The van der Waals surface area contributed by atoms with Crippen LogP contribution in [-0.2, 0) is 5.92 Å². The van der Waals surface area contributed by atoms with Crippen molar-refractivity contribution in [3.05, 3.63) is 34.9 Å². The largest absolute Gasteiger partial charge is 0.273 e. The SMILES string of the molecule is CCC(F)(F)c1cc(F)c(C(C)C)c(F)c1. The zero-order valence-corrected chi connectivity index (χ0v) is 9.45. The molecule has 0 fully saturated rings. The summed E-state index contributed by atoms with van der Waals surface area (Å²) < 4.78 is 53.4. The number of benzene rings is 1. The van der Waals surface area contributed by atoms with E-state index in [9.17, 15) is 17.6 Å². The summed E-state index contributed by atoms with van der Waals surface area (Å²) in [5.74, 6) is -5.36. The van der Waals surface area contributed by atoms with Crippen molar-refractivity contribution in [3.8, 4) is 0 Å². The molecule has 1 rings (SSSR count). The second-order valence-electron chi connectivity index (χ2n) is 4.07. The highest BCUT2D eigenvalue weighted by Gasteiger charge is 2.31. The molecule has 0 radical (unpaired) electrons. The Balaban J connectivity index is 3.30. The van der Waals surface area contributed by atoms with Gasteiger partial charge in [-0.1, -0.05) is 20.8 Å². The molecule has 1 aromatic carbocycles. The van der Waals surface area contributed by atoms with Crippen molar-refractivity contribution in [3.63, 3.8) is 0 Å². The second-order valence-corrected chi connectivity index (χ2v) is 4.07. The number of hydrogen-bond acceptors (Lipinski definition) is 0. The van der Waals surface area contributed by atoms with Gasteiger partial charge in [-0.25, -0.2) is 17.6 Å². The Morgan fingerprint density at radius 3 is 1.88 bits per heavy atom. The molecule has 0 aliphatic carbocycles. The van der Waals surface area contributed by atoms with Gasteiger partial charge in [0.05, 0.1) is 0 Å². The van der Waals surface area contributed by atoms with E-state index in [1.807, 2.05) is 0 Å². The van der Waals surface area contributed by atoms with Gasteiger partial charge < -0.3 is 0 Å². The zero-order valence-electron chi connectivity index (χ0n) is 9.45. The van der Waals surface area contributed by atoms with Gasteiger partial charge in [0, 0.05) is 17.5 Å². The highest BCUT2D eigenvalue weighted by atomic mass is 19.3. The van der Waals surface area contributed by atoms with Crippen LogP contribution in [0.4, 0.5) is 17.6 Å². The molecule has 0 aliphatic rings. The van der Waals surface area contributed by atoms with Crippen molar-refractivity contribution >= 4 is 0 Å². The highest BCUT2D eigenvalue weighted by Crippen LogP contribution is 2.34. The average molecular weight is 234 g/mol. The lowest BCUT2D eigenvalue weighted by molar-refractivity contribution is -0.00892. The molecule has 0 aliphatic heterocycles. The van der Waals surface area contributed by atoms with Crippen LogP contribution >= 0.6 is 0 Å². The summed E-state index contributed by atoms with van der Waals surface area (Å²) >= 11 is 0. The predicted octanol–water partition coefficient (Wildman–Crippen LogP) is 4.59. The summed E-state index contributed by atoms with van der Waals surface area (Å²) in [7, 11) is 0. The van der Waals surface area contributed by atoms with Crippen LogP contribution in [0.3, 0.4) is 0 Å².